The molecule has 1 fully saturated rings. The number of nitrogens with zero attached hydrogens (tertiary/aromatic N) is 3. The summed E-state index contributed by atoms with van der Waals surface area (Å²) in [6.07, 6.45) is 0.0726. The largest absolute Gasteiger partial charge is 0.497 e. The summed E-state index contributed by atoms with van der Waals surface area (Å²) >= 11 is 0. The molecular formula is C29H26N4O7. The molecule has 0 spiro atoms. The Morgan fingerprint density at radius 1 is 1.18 bits per heavy atom. The Hall–Kier alpha value is -4.74. The van der Waals surface area contributed by atoms with Crippen LogP contribution in [-0.2, 0) is 21.6 Å². The third-order valence-corrected chi connectivity index (χ3v) is 7.33. The van der Waals surface area contributed by atoms with E-state index in [1.807, 2.05) is 13.0 Å². The molecule has 6 rings (SSSR count). The topological polar surface area (TPSA) is 134 Å². The first-order chi connectivity index (χ1) is 19.3. The molecule has 0 radical (unpaired) electrons. The van der Waals surface area contributed by atoms with Gasteiger partial charge < -0.3 is 23.9 Å². The van der Waals surface area contributed by atoms with Crippen molar-refractivity contribution >= 4 is 28.8 Å². The van der Waals surface area contributed by atoms with Crippen molar-refractivity contribution in [3.05, 3.63) is 95.0 Å². The van der Waals surface area contributed by atoms with Crippen LogP contribution in [0.3, 0.4) is 0 Å². The Morgan fingerprint density at radius 3 is 2.73 bits per heavy atom. The standard InChI is InChI=1S/C29H26N4O7/c1-17-21-13-24(40-23(21)10-11-30-17)29(15-32-14-19-8-9-20(38-2)12-22(19)25(32)34)27(36)33(28(37)31-29)16-39-26(35)18-6-4-3-5-7-18/h3-13,28,31,37H,14-16H2,1-2H3/t28?,29-/m0/s1. The summed E-state index contributed by atoms with van der Waals surface area (Å²) in [6.45, 7) is 1.38. The Bertz CT molecular complexity index is 1640. The van der Waals surface area contributed by atoms with Crippen LogP contribution in [0.15, 0.2) is 71.3 Å². The molecule has 4 heterocycles. The second-order valence-corrected chi connectivity index (χ2v) is 9.73. The number of rotatable bonds is 7. The number of aliphatic hydroxyl groups excluding tert-OH is 1. The number of pyridine rings is 1. The Morgan fingerprint density at radius 2 is 1.98 bits per heavy atom. The number of aryl methyl sites for hydroxylation is 1. The molecule has 1 unspecified atom stereocenters. The van der Waals surface area contributed by atoms with Gasteiger partial charge in [-0.25, -0.2) is 4.79 Å². The van der Waals surface area contributed by atoms with E-state index >= 15 is 0 Å². The number of ether oxygens (including phenoxy) is 2. The van der Waals surface area contributed by atoms with Gasteiger partial charge in [0.05, 0.1) is 19.2 Å². The number of hydrogen-bond acceptors (Lipinski definition) is 9. The van der Waals surface area contributed by atoms with Crippen LogP contribution in [-0.4, -0.2) is 64.4 Å². The zero-order chi connectivity index (χ0) is 28.0. The van der Waals surface area contributed by atoms with Crippen molar-refractivity contribution in [3.8, 4) is 5.75 Å². The smallest absolute Gasteiger partial charge is 0.339 e. The van der Waals surface area contributed by atoms with Crippen molar-refractivity contribution in [2.75, 3.05) is 20.4 Å². The van der Waals surface area contributed by atoms with E-state index in [0.29, 0.717) is 33.5 Å². The molecule has 0 saturated carbocycles. The van der Waals surface area contributed by atoms with E-state index in [1.54, 1.807) is 60.8 Å². The minimum atomic E-state index is -1.67. The average molecular weight is 543 g/mol. The summed E-state index contributed by atoms with van der Waals surface area (Å²) in [4.78, 5) is 46.9. The van der Waals surface area contributed by atoms with Crippen LogP contribution in [0.1, 0.15) is 37.7 Å². The average Bonchev–Trinajstić information content (AvgIpc) is 3.61. The number of methoxy groups -OCH3 is 1. The SMILES string of the molecule is COc1ccc2c(c1)C(=O)N(C[C@@]1(c3cc4c(C)nccc4o3)NC(O)N(COC(=O)c3ccccc3)C1=O)C2. The molecule has 204 valence electrons. The van der Waals surface area contributed by atoms with Gasteiger partial charge in [0, 0.05) is 29.4 Å². The van der Waals surface area contributed by atoms with Gasteiger partial charge in [0.1, 0.15) is 17.1 Å². The highest BCUT2D eigenvalue weighted by Crippen LogP contribution is 2.38. The quantitative estimate of drug-likeness (QED) is 0.338. The minimum absolute atomic E-state index is 0.159. The van der Waals surface area contributed by atoms with Crippen LogP contribution < -0.4 is 10.1 Å². The lowest BCUT2D eigenvalue weighted by molar-refractivity contribution is -0.142. The van der Waals surface area contributed by atoms with Crippen molar-refractivity contribution in [2.45, 2.75) is 25.4 Å². The predicted octanol–water partition coefficient (Wildman–Crippen LogP) is 2.52. The molecule has 2 N–H and O–H groups in total. The summed E-state index contributed by atoms with van der Waals surface area (Å²) in [5.41, 5.74) is 1.08. The van der Waals surface area contributed by atoms with Crippen LogP contribution in [0.2, 0.25) is 0 Å². The number of carbonyl (C=O) groups excluding carboxylic acids is 3. The molecule has 4 aromatic rings. The fourth-order valence-electron chi connectivity index (χ4n) is 5.19. The number of fused-ring (bicyclic) bond motifs is 2. The van der Waals surface area contributed by atoms with Gasteiger partial charge in [-0.1, -0.05) is 24.3 Å². The van der Waals surface area contributed by atoms with Gasteiger partial charge >= 0.3 is 5.97 Å². The van der Waals surface area contributed by atoms with Crippen LogP contribution in [0.25, 0.3) is 11.0 Å². The number of furan rings is 1. The maximum atomic E-state index is 14.1. The monoisotopic (exact) mass is 542 g/mol. The third kappa shape index (κ3) is 4.16. The zero-order valence-corrected chi connectivity index (χ0v) is 21.8. The van der Waals surface area contributed by atoms with Crippen LogP contribution >= 0.6 is 0 Å². The maximum absolute atomic E-state index is 14.1. The number of aromatic nitrogens is 1. The molecule has 2 amide bonds. The van der Waals surface area contributed by atoms with E-state index in [0.717, 1.165) is 10.5 Å². The Kier molecular flexibility index (Phi) is 6.24. The molecule has 1 saturated heterocycles. The van der Waals surface area contributed by atoms with E-state index in [4.69, 9.17) is 13.9 Å². The summed E-state index contributed by atoms with van der Waals surface area (Å²) in [6, 6.07) is 16.9. The second kappa shape index (κ2) is 9.78. The summed E-state index contributed by atoms with van der Waals surface area (Å²) in [5, 5.41) is 14.6. The summed E-state index contributed by atoms with van der Waals surface area (Å²) < 4.78 is 16.8. The molecule has 0 aliphatic carbocycles. The first kappa shape index (κ1) is 25.5. The third-order valence-electron chi connectivity index (χ3n) is 7.33. The molecule has 40 heavy (non-hydrogen) atoms. The number of nitrogens with one attached hydrogen (secondary N) is 1. The fourth-order valence-corrected chi connectivity index (χ4v) is 5.19. The minimum Gasteiger partial charge on any atom is -0.497 e. The maximum Gasteiger partial charge on any atom is 0.339 e. The van der Waals surface area contributed by atoms with Crippen molar-refractivity contribution in [1.29, 1.82) is 0 Å². The van der Waals surface area contributed by atoms with Gasteiger partial charge in [-0.3, -0.25) is 24.8 Å². The number of amides is 2. The Balaban J connectivity index is 1.34. The van der Waals surface area contributed by atoms with Gasteiger partial charge in [-0.2, -0.15) is 0 Å². The first-order valence-electron chi connectivity index (χ1n) is 12.6. The lowest BCUT2D eigenvalue weighted by Gasteiger charge is -2.30. The van der Waals surface area contributed by atoms with Crippen LogP contribution in [0.5, 0.6) is 5.75 Å². The summed E-state index contributed by atoms with van der Waals surface area (Å²) in [5.74, 6) is -0.823. The molecule has 11 nitrogen and oxygen atoms in total. The van der Waals surface area contributed by atoms with Crippen molar-refractivity contribution in [3.63, 3.8) is 0 Å². The molecule has 2 aromatic heterocycles. The van der Waals surface area contributed by atoms with Gasteiger partial charge in [0.2, 0.25) is 0 Å². The molecule has 2 aliphatic rings. The number of esters is 1. The first-order valence-corrected chi connectivity index (χ1v) is 12.6. The van der Waals surface area contributed by atoms with E-state index in [1.165, 1.54) is 12.0 Å². The lowest BCUT2D eigenvalue weighted by Crippen LogP contribution is -2.53. The highest BCUT2D eigenvalue weighted by atomic mass is 16.5. The van der Waals surface area contributed by atoms with Crippen molar-refractivity contribution in [2.24, 2.45) is 0 Å². The van der Waals surface area contributed by atoms with Gasteiger partial charge in [0.15, 0.2) is 18.6 Å². The Labute approximate surface area is 228 Å². The van der Waals surface area contributed by atoms with Gasteiger partial charge in [-0.05, 0) is 48.9 Å². The van der Waals surface area contributed by atoms with E-state index in [2.05, 4.69) is 10.3 Å². The lowest BCUT2D eigenvalue weighted by atomic mass is 9.94. The number of aliphatic hydroxyl groups is 1. The van der Waals surface area contributed by atoms with Gasteiger partial charge in [-0.15, -0.1) is 0 Å². The normalized spacial score (nSPS) is 20.3. The van der Waals surface area contributed by atoms with Crippen molar-refractivity contribution in [1.82, 2.24) is 20.1 Å². The molecule has 11 heteroatoms. The molecule has 2 aliphatic heterocycles. The number of carbonyl (C=O) groups is 3. The van der Waals surface area contributed by atoms with E-state index < -0.39 is 30.5 Å². The van der Waals surface area contributed by atoms with E-state index in [9.17, 15) is 19.5 Å². The molecular weight excluding hydrogens is 516 g/mol. The van der Waals surface area contributed by atoms with Crippen LogP contribution in [0.4, 0.5) is 0 Å². The van der Waals surface area contributed by atoms with Crippen LogP contribution in [0, 0.1) is 6.92 Å². The number of benzene rings is 2. The molecule has 2 atom stereocenters. The fraction of sp³-hybridized carbons (Fsp3) is 0.241. The second-order valence-electron chi connectivity index (χ2n) is 9.73. The highest BCUT2D eigenvalue weighted by molar-refractivity contribution is 6.00. The molecule has 0 bridgehead atoms. The summed E-state index contributed by atoms with van der Waals surface area (Å²) in [7, 11) is 1.52. The van der Waals surface area contributed by atoms with E-state index in [-0.39, 0.29) is 24.8 Å². The molecule has 2 aromatic carbocycles. The predicted molar refractivity (Wildman–Crippen MR) is 141 cm³/mol. The van der Waals surface area contributed by atoms with Gasteiger partial charge in [0.25, 0.3) is 11.8 Å². The number of hydrogen-bond donors (Lipinski definition) is 2. The zero-order valence-electron chi connectivity index (χ0n) is 21.8. The van der Waals surface area contributed by atoms with Crippen molar-refractivity contribution < 1.29 is 33.4 Å². The highest BCUT2D eigenvalue weighted by Gasteiger charge is 2.56.